The zero-order chi connectivity index (χ0) is 11.5. The van der Waals surface area contributed by atoms with E-state index < -0.39 is 0 Å². The van der Waals surface area contributed by atoms with Gasteiger partial charge in [0.05, 0.1) is 4.88 Å². The van der Waals surface area contributed by atoms with Crippen LogP contribution >= 0.6 is 11.3 Å². The first-order valence-electron chi connectivity index (χ1n) is 6.02. The predicted octanol–water partition coefficient (Wildman–Crippen LogP) is 3.31. The van der Waals surface area contributed by atoms with Gasteiger partial charge in [-0.05, 0) is 36.8 Å². The van der Waals surface area contributed by atoms with Gasteiger partial charge in [0.1, 0.15) is 5.69 Å². The van der Waals surface area contributed by atoms with Gasteiger partial charge in [-0.2, -0.15) is 5.10 Å². The van der Waals surface area contributed by atoms with Crippen LogP contribution in [0.4, 0.5) is 0 Å². The van der Waals surface area contributed by atoms with Gasteiger partial charge in [0.2, 0.25) is 0 Å². The van der Waals surface area contributed by atoms with Gasteiger partial charge in [0, 0.05) is 24.4 Å². The van der Waals surface area contributed by atoms with Crippen molar-refractivity contribution in [1.82, 2.24) is 10.2 Å². The Bertz CT molecular complexity index is 511. The molecule has 1 N–H and O–H groups in total. The van der Waals surface area contributed by atoms with E-state index in [9.17, 15) is 0 Å². The van der Waals surface area contributed by atoms with E-state index in [1.54, 1.807) is 11.3 Å². The van der Waals surface area contributed by atoms with E-state index in [2.05, 4.69) is 38.8 Å². The van der Waals surface area contributed by atoms with Crippen molar-refractivity contribution in [2.45, 2.75) is 25.7 Å². The van der Waals surface area contributed by atoms with Crippen molar-refractivity contribution in [2.24, 2.45) is 4.99 Å². The van der Waals surface area contributed by atoms with E-state index >= 15 is 0 Å². The fourth-order valence-corrected chi connectivity index (χ4v) is 2.81. The average Bonchev–Trinajstić information content (AvgIpc) is 3.00. The fraction of sp³-hybridized carbons (Fsp3) is 0.385. The van der Waals surface area contributed by atoms with Crippen LogP contribution in [0, 0.1) is 0 Å². The van der Waals surface area contributed by atoms with Crippen LogP contribution in [-0.2, 0) is 6.42 Å². The number of aromatic amines is 1. The third-order valence-corrected chi connectivity index (χ3v) is 3.90. The topological polar surface area (TPSA) is 41.0 Å². The summed E-state index contributed by atoms with van der Waals surface area (Å²) >= 11 is 1.72. The molecule has 2 aromatic rings. The van der Waals surface area contributed by atoms with Gasteiger partial charge < -0.3 is 0 Å². The van der Waals surface area contributed by atoms with Crippen LogP contribution in [0.15, 0.2) is 28.6 Å². The number of nitrogens with zero attached hydrogens (tertiary/aromatic N) is 2. The Labute approximate surface area is 105 Å². The lowest BCUT2D eigenvalue weighted by atomic mass is 10.1. The van der Waals surface area contributed by atoms with Crippen molar-refractivity contribution >= 4 is 17.0 Å². The summed E-state index contributed by atoms with van der Waals surface area (Å²) < 4.78 is 0. The minimum absolute atomic E-state index is 0.929. The molecule has 0 radical (unpaired) electrons. The highest BCUT2D eigenvalue weighted by Crippen LogP contribution is 2.23. The summed E-state index contributed by atoms with van der Waals surface area (Å²) in [5.41, 5.74) is 3.54. The number of aliphatic imine (C=N–C) groups is 1. The largest absolute Gasteiger partial charge is 0.294 e. The van der Waals surface area contributed by atoms with Gasteiger partial charge in [-0.1, -0.05) is 6.07 Å². The minimum Gasteiger partial charge on any atom is -0.294 e. The van der Waals surface area contributed by atoms with E-state index in [0.29, 0.717) is 0 Å². The van der Waals surface area contributed by atoms with Crippen molar-refractivity contribution in [3.63, 3.8) is 0 Å². The summed E-state index contributed by atoms with van der Waals surface area (Å²) in [6.45, 7) is 1.00. The Hall–Kier alpha value is -1.42. The van der Waals surface area contributed by atoms with E-state index in [4.69, 9.17) is 0 Å². The number of thiophene rings is 1. The number of hydrogen-bond donors (Lipinski definition) is 1. The van der Waals surface area contributed by atoms with E-state index in [1.807, 2.05) is 0 Å². The molecule has 0 aliphatic carbocycles. The predicted molar refractivity (Wildman–Crippen MR) is 71.8 cm³/mol. The molecule has 17 heavy (non-hydrogen) atoms. The molecule has 4 heteroatoms. The molecule has 0 aromatic carbocycles. The molecule has 0 amide bonds. The minimum atomic E-state index is 0.929. The maximum absolute atomic E-state index is 4.57. The molecule has 3 heterocycles. The number of hydrogen-bond acceptors (Lipinski definition) is 3. The SMILES string of the molecule is c1csc(-c2cc(CC3=NCCCC3)[nH]n2)c1. The molecule has 0 spiro atoms. The van der Waals surface area contributed by atoms with E-state index in [1.165, 1.54) is 29.1 Å². The second kappa shape index (κ2) is 4.84. The molecule has 3 nitrogen and oxygen atoms in total. The van der Waals surface area contributed by atoms with Crippen molar-refractivity contribution in [3.05, 3.63) is 29.3 Å². The summed E-state index contributed by atoms with van der Waals surface area (Å²) in [5, 5.41) is 9.55. The molecule has 0 fully saturated rings. The smallest absolute Gasteiger partial charge is 0.102 e. The van der Waals surface area contributed by atoms with E-state index in [0.717, 1.165) is 25.1 Å². The van der Waals surface area contributed by atoms with Gasteiger partial charge in [-0.25, -0.2) is 0 Å². The molecular weight excluding hydrogens is 230 g/mol. The number of rotatable bonds is 3. The van der Waals surface area contributed by atoms with Gasteiger partial charge in [0.25, 0.3) is 0 Å². The maximum atomic E-state index is 4.57. The zero-order valence-corrected chi connectivity index (χ0v) is 10.5. The highest BCUT2D eigenvalue weighted by Gasteiger charge is 2.09. The molecule has 0 saturated heterocycles. The van der Waals surface area contributed by atoms with E-state index in [-0.39, 0.29) is 0 Å². The molecule has 0 saturated carbocycles. The molecule has 1 aliphatic rings. The first-order valence-corrected chi connectivity index (χ1v) is 6.90. The lowest BCUT2D eigenvalue weighted by molar-refractivity contribution is 0.728. The summed E-state index contributed by atoms with van der Waals surface area (Å²) in [7, 11) is 0. The summed E-state index contributed by atoms with van der Waals surface area (Å²) in [6, 6.07) is 6.30. The van der Waals surface area contributed by atoms with Crippen LogP contribution in [0.2, 0.25) is 0 Å². The number of H-pyrrole nitrogens is 1. The molecule has 3 rings (SSSR count). The molecule has 2 aromatic heterocycles. The quantitative estimate of drug-likeness (QED) is 0.885. The van der Waals surface area contributed by atoms with Crippen LogP contribution < -0.4 is 0 Å². The molecule has 0 atom stereocenters. The third-order valence-electron chi connectivity index (χ3n) is 3.01. The van der Waals surface area contributed by atoms with Crippen LogP contribution in [-0.4, -0.2) is 22.5 Å². The summed E-state index contributed by atoms with van der Waals surface area (Å²) in [4.78, 5) is 5.79. The molecule has 0 bridgehead atoms. The Kier molecular flexibility index (Phi) is 3.05. The average molecular weight is 245 g/mol. The van der Waals surface area contributed by atoms with Gasteiger partial charge in [-0.3, -0.25) is 10.1 Å². The van der Waals surface area contributed by atoms with Crippen molar-refractivity contribution in [3.8, 4) is 10.6 Å². The normalized spacial score (nSPS) is 15.9. The van der Waals surface area contributed by atoms with Gasteiger partial charge in [-0.15, -0.1) is 11.3 Å². The molecule has 0 unspecified atom stereocenters. The highest BCUT2D eigenvalue weighted by molar-refractivity contribution is 7.13. The van der Waals surface area contributed by atoms with Crippen LogP contribution in [0.25, 0.3) is 10.6 Å². The fourth-order valence-electron chi connectivity index (χ4n) is 2.12. The van der Waals surface area contributed by atoms with Gasteiger partial charge >= 0.3 is 0 Å². The maximum Gasteiger partial charge on any atom is 0.102 e. The number of aromatic nitrogens is 2. The first-order chi connectivity index (χ1) is 8.42. The Morgan fingerprint density at radius 1 is 1.35 bits per heavy atom. The van der Waals surface area contributed by atoms with Crippen LogP contribution in [0.1, 0.15) is 25.0 Å². The second-order valence-electron chi connectivity index (χ2n) is 4.34. The summed E-state index contributed by atoms with van der Waals surface area (Å²) in [5.74, 6) is 0. The Balaban J connectivity index is 1.74. The van der Waals surface area contributed by atoms with Crippen LogP contribution in [0.3, 0.4) is 0 Å². The highest BCUT2D eigenvalue weighted by atomic mass is 32.1. The standard InChI is InChI=1S/C13H15N3S/c1-2-6-14-10(4-1)8-11-9-12(16-15-11)13-5-3-7-17-13/h3,5,7,9H,1-2,4,6,8H2,(H,15,16). The molecular formula is C13H15N3S. The zero-order valence-electron chi connectivity index (χ0n) is 9.65. The Morgan fingerprint density at radius 2 is 2.35 bits per heavy atom. The third kappa shape index (κ3) is 2.47. The molecule has 88 valence electrons. The monoisotopic (exact) mass is 245 g/mol. The van der Waals surface area contributed by atoms with Crippen molar-refractivity contribution in [2.75, 3.05) is 6.54 Å². The first kappa shape index (κ1) is 10.7. The van der Waals surface area contributed by atoms with Crippen molar-refractivity contribution < 1.29 is 0 Å². The Morgan fingerprint density at radius 3 is 3.12 bits per heavy atom. The summed E-state index contributed by atoms with van der Waals surface area (Å²) in [6.07, 6.45) is 4.60. The van der Waals surface area contributed by atoms with Crippen LogP contribution in [0.5, 0.6) is 0 Å². The molecule has 1 aliphatic heterocycles. The second-order valence-corrected chi connectivity index (χ2v) is 5.29. The lowest BCUT2D eigenvalue weighted by Crippen LogP contribution is -2.09. The van der Waals surface area contributed by atoms with Crippen molar-refractivity contribution in [1.29, 1.82) is 0 Å². The lowest BCUT2D eigenvalue weighted by Gasteiger charge is -2.10. The van der Waals surface area contributed by atoms with Gasteiger partial charge in [0.15, 0.2) is 0 Å². The number of nitrogens with one attached hydrogen (secondary N) is 1.